The third kappa shape index (κ3) is 4.43. The lowest BCUT2D eigenvalue weighted by molar-refractivity contribution is 0.262. The first-order valence-electron chi connectivity index (χ1n) is 9.69. The van der Waals surface area contributed by atoms with E-state index in [1.54, 1.807) is 18.2 Å². The van der Waals surface area contributed by atoms with E-state index in [-0.39, 0.29) is 0 Å². The number of nitrogens with zero attached hydrogens (tertiary/aromatic N) is 2. The Kier molecular flexibility index (Phi) is 5.53. The topological polar surface area (TPSA) is 57.3 Å². The quantitative estimate of drug-likeness (QED) is 0.557. The lowest BCUT2D eigenvalue weighted by Gasteiger charge is -2.27. The standard InChI is InChI=1S/C22H22ClFN4O/c1-14-5-7-19(17(23)11-14)26-22(29)25-16-12-15-6-8-20(27-21(15)18(24)13-16)28-9-3-2-4-10-28/h5-8,11-13H,2-4,9-10H2,1H3,(H2,25,26,29). The van der Waals surface area contributed by atoms with E-state index in [2.05, 4.69) is 20.5 Å². The van der Waals surface area contributed by atoms with Gasteiger partial charge >= 0.3 is 6.03 Å². The number of hydrogen-bond donors (Lipinski definition) is 2. The largest absolute Gasteiger partial charge is 0.357 e. The lowest BCUT2D eigenvalue weighted by atomic mass is 10.1. The number of urea groups is 1. The first-order valence-corrected chi connectivity index (χ1v) is 10.1. The number of rotatable bonds is 3. The summed E-state index contributed by atoms with van der Waals surface area (Å²) >= 11 is 6.14. The van der Waals surface area contributed by atoms with Gasteiger partial charge in [-0.3, -0.25) is 0 Å². The van der Waals surface area contributed by atoms with E-state index in [9.17, 15) is 9.18 Å². The number of anilines is 3. The number of aryl methyl sites for hydroxylation is 1. The summed E-state index contributed by atoms with van der Waals surface area (Å²) in [5.74, 6) is 0.327. The van der Waals surface area contributed by atoms with E-state index >= 15 is 0 Å². The maximum Gasteiger partial charge on any atom is 0.323 e. The van der Waals surface area contributed by atoms with Gasteiger partial charge in [0.15, 0.2) is 5.82 Å². The molecule has 3 aromatic rings. The zero-order valence-electron chi connectivity index (χ0n) is 16.1. The van der Waals surface area contributed by atoms with Gasteiger partial charge in [-0.25, -0.2) is 14.2 Å². The monoisotopic (exact) mass is 412 g/mol. The molecule has 1 aliphatic rings. The average molecular weight is 413 g/mol. The van der Waals surface area contributed by atoms with Gasteiger partial charge in [0.05, 0.1) is 10.7 Å². The molecule has 1 fully saturated rings. The van der Waals surface area contributed by atoms with E-state index in [1.807, 2.05) is 25.1 Å². The van der Waals surface area contributed by atoms with Crippen LogP contribution >= 0.6 is 11.6 Å². The number of halogens is 2. The van der Waals surface area contributed by atoms with Gasteiger partial charge in [0, 0.05) is 24.2 Å². The van der Waals surface area contributed by atoms with Gasteiger partial charge < -0.3 is 15.5 Å². The number of carbonyl (C=O) groups excluding carboxylic acids is 1. The van der Waals surface area contributed by atoms with Crippen molar-refractivity contribution in [2.75, 3.05) is 28.6 Å². The minimum atomic E-state index is -0.493. The molecule has 0 atom stereocenters. The number of amides is 2. The Morgan fingerprint density at radius 2 is 1.86 bits per heavy atom. The molecule has 2 N–H and O–H groups in total. The van der Waals surface area contributed by atoms with E-state index in [0.717, 1.165) is 37.3 Å². The summed E-state index contributed by atoms with van der Waals surface area (Å²) in [5, 5.41) is 6.41. The minimum Gasteiger partial charge on any atom is -0.357 e. The third-order valence-electron chi connectivity index (χ3n) is 5.04. The molecule has 1 aliphatic heterocycles. The molecule has 7 heteroatoms. The number of hydrogen-bond acceptors (Lipinski definition) is 3. The zero-order valence-corrected chi connectivity index (χ0v) is 16.9. The fraction of sp³-hybridized carbons (Fsp3) is 0.273. The summed E-state index contributed by atoms with van der Waals surface area (Å²) in [7, 11) is 0. The van der Waals surface area contributed by atoms with Gasteiger partial charge in [-0.05, 0) is 68.1 Å². The zero-order chi connectivity index (χ0) is 20.4. The van der Waals surface area contributed by atoms with Crippen LogP contribution < -0.4 is 15.5 Å². The molecule has 0 radical (unpaired) electrons. The Morgan fingerprint density at radius 3 is 2.62 bits per heavy atom. The highest BCUT2D eigenvalue weighted by atomic mass is 35.5. The van der Waals surface area contributed by atoms with E-state index in [0.29, 0.717) is 27.3 Å². The van der Waals surface area contributed by atoms with Gasteiger partial charge in [-0.2, -0.15) is 0 Å². The first kappa shape index (κ1) is 19.5. The van der Waals surface area contributed by atoms with Crippen molar-refractivity contribution >= 4 is 45.7 Å². The third-order valence-corrected chi connectivity index (χ3v) is 5.35. The SMILES string of the molecule is Cc1ccc(NC(=O)Nc2cc(F)c3nc(N4CCCCC4)ccc3c2)c(Cl)c1. The number of nitrogens with one attached hydrogen (secondary N) is 2. The second-order valence-electron chi connectivity index (χ2n) is 7.31. The van der Waals surface area contributed by atoms with Gasteiger partial charge in [0.1, 0.15) is 11.3 Å². The number of benzene rings is 2. The van der Waals surface area contributed by atoms with Crippen LogP contribution in [-0.2, 0) is 0 Å². The van der Waals surface area contributed by atoms with Crippen molar-refractivity contribution in [1.82, 2.24) is 4.98 Å². The molecule has 0 bridgehead atoms. The van der Waals surface area contributed by atoms with Gasteiger partial charge in [0.25, 0.3) is 0 Å². The molecule has 0 unspecified atom stereocenters. The normalized spacial score (nSPS) is 14.1. The molecular weight excluding hydrogens is 391 g/mol. The van der Waals surface area contributed by atoms with Crippen molar-refractivity contribution in [1.29, 1.82) is 0 Å². The highest BCUT2D eigenvalue weighted by Gasteiger charge is 2.15. The summed E-state index contributed by atoms with van der Waals surface area (Å²) in [5.41, 5.74) is 2.14. The fourth-order valence-electron chi connectivity index (χ4n) is 3.56. The molecule has 1 aromatic heterocycles. The van der Waals surface area contributed by atoms with Gasteiger partial charge in [0.2, 0.25) is 0 Å². The molecule has 29 heavy (non-hydrogen) atoms. The Hall–Kier alpha value is -2.86. The Labute approximate surface area is 173 Å². The van der Waals surface area contributed by atoms with Crippen LogP contribution in [0.4, 0.5) is 26.4 Å². The van der Waals surface area contributed by atoms with Crippen molar-refractivity contribution in [2.45, 2.75) is 26.2 Å². The summed E-state index contributed by atoms with van der Waals surface area (Å²) in [6.45, 7) is 3.81. The second kappa shape index (κ2) is 8.25. The molecule has 2 amide bonds. The van der Waals surface area contributed by atoms with Crippen LogP contribution in [0.15, 0.2) is 42.5 Å². The molecule has 2 heterocycles. The molecule has 4 rings (SSSR count). The summed E-state index contributed by atoms with van der Waals surface area (Å²) in [6.07, 6.45) is 3.49. The van der Waals surface area contributed by atoms with Crippen molar-refractivity contribution in [3.05, 3.63) is 58.9 Å². The number of fused-ring (bicyclic) bond motifs is 1. The van der Waals surface area contributed by atoms with Crippen LogP contribution in [0.25, 0.3) is 10.9 Å². The summed E-state index contributed by atoms with van der Waals surface area (Å²) < 4.78 is 14.7. The maximum absolute atomic E-state index is 14.7. The Morgan fingerprint density at radius 1 is 1.07 bits per heavy atom. The molecule has 5 nitrogen and oxygen atoms in total. The van der Waals surface area contributed by atoms with E-state index in [4.69, 9.17) is 11.6 Å². The molecule has 2 aromatic carbocycles. The molecule has 1 saturated heterocycles. The van der Waals surface area contributed by atoms with Crippen LogP contribution in [0.1, 0.15) is 24.8 Å². The summed E-state index contributed by atoms with van der Waals surface area (Å²) in [6, 6.07) is 11.6. The predicted octanol–water partition coefficient (Wildman–Crippen LogP) is 5.97. The number of pyridine rings is 1. The van der Waals surface area contributed by atoms with Crippen LogP contribution in [-0.4, -0.2) is 24.1 Å². The van der Waals surface area contributed by atoms with Crippen LogP contribution in [0, 0.1) is 12.7 Å². The molecule has 0 spiro atoms. The van der Waals surface area contributed by atoms with Crippen LogP contribution in [0.5, 0.6) is 0 Å². The van der Waals surface area contributed by atoms with Crippen LogP contribution in [0.2, 0.25) is 5.02 Å². The van der Waals surface area contributed by atoms with Crippen molar-refractivity contribution in [3.63, 3.8) is 0 Å². The molecule has 0 aliphatic carbocycles. The summed E-state index contributed by atoms with van der Waals surface area (Å²) in [4.78, 5) is 19.0. The predicted molar refractivity (Wildman–Crippen MR) is 117 cm³/mol. The van der Waals surface area contributed by atoms with Crippen molar-refractivity contribution in [2.24, 2.45) is 0 Å². The van der Waals surface area contributed by atoms with Gasteiger partial charge in [-0.1, -0.05) is 17.7 Å². The maximum atomic E-state index is 14.7. The molecule has 150 valence electrons. The first-order chi connectivity index (χ1) is 14.0. The Balaban J connectivity index is 1.52. The smallest absolute Gasteiger partial charge is 0.323 e. The van der Waals surface area contributed by atoms with E-state index in [1.165, 1.54) is 12.5 Å². The highest BCUT2D eigenvalue weighted by Crippen LogP contribution is 2.27. The van der Waals surface area contributed by atoms with Crippen molar-refractivity contribution < 1.29 is 9.18 Å². The Bertz CT molecular complexity index is 1070. The minimum absolute atomic E-state index is 0.306. The van der Waals surface area contributed by atoms with Crippen LogP contribution in [0.3, 0.4) is 0 Å². The number of piperidine rings is 1. The highest BCUT2D eigenvalue weighted by molar-refractivity contribution is 6.33. The lowest BCUT2D eigenvalue weighted by Crippen LogP contribution is -2.30. The average Bonchev–Trinajstić information content (AvgIpc) is 2.70. The van der Waals surface area contributed by atoms with E-state index < -0.39 is 11.8 Å². The van der Waals surface area contributed by atoms with Crippen molar-refractivity contribution in [3.8, 4) is 0 Å². The van der Waals surface area contributed by atoms with Gasteiger partial charge in [-0.15, -0.1) is 0 Å². The fourth-order valence-corrected chi connectivity index (χ4v) is 3.84. The second-order valence-corrected chi connectivity index (χ2v) is 7.72. The molecular formula is C22H22ClFN4O. The molecule has 0 saturated carbocycles. The number of aromatic nitrogens is 1. The number of carbonyl (C=O) groups is 1.